The van der Waals surface area contributed by atoms with E-state index in [-0.39, 0.29) is 0 Å². The van der Waals surface area contributed by atoms with Gasteiger partial charge < -0.3 is 0 Å². The Morgan fingerprint density at radius 2 is 2.00 bits per heavy atom. The van der Waals surface area contributed by atoms with E-state index in [1.54, 1.807) is 0 Å². The minimum Gasteiger partial charge on any atom is -0.225 e. The smallest absolute Gasteiger partial charge is 0.225 e. The van der Waals surface area contributed by atoms with Crippen LogP contribution in [0.1, 0.15) is 17.6 Å². The van der Waals surface area contributed by atoms with E-state index in [0.717, 1.165) is 0 Å². The SMILES string of the molecule is Fc1cnc(F)c(CCl)c1C(F)F. The molecule has 0 aromatic carbocycles. The second-order valence-corrected chi connectivity index (χ2v) is 2.49. The molecule has 0 spiro atoms. The first-order valence-corrected chi connectivity index (χ1v) is 3.78. The first-order valence-electron chi connectivity index (χ1n) is 3.24. The maximum atomic E-state index is 12.7. The fraction of sp³-hybridized carbons (Fsp3) is 0.286. The Morgan fingerprint density at radius 3 is 2.38 bits per heavy atom. The monoisotopic (exact) mass is 213 g/mol. The van der Waals surface area contributed by atoms with Gasteiger partial charge in [0.15, 0.2) is 5.82 Å². The summed E-state index contributed by atoms with van der Waals surface area (Å²) in [7, 11) is 0. The summed E-state index contributed by atoms with van der Waals surface area (Å²) < 4.78 is 49.7. The molecule has 1 heterocycles. The molecule has 0 saturated carbocycles. The number of pyridine rings is 1. The van der Waals surface area contributed by atoms with Crippen LogP contribution in [0.4, 0.5) is 17.6 Å². The highest BCUT2D eigenvalue weighted by Gasteiger charge is 2.21. The van der Waals surface area contributed by atoms with Gasteiger partial charge in [0.25, 0.3) is 6.43 Å². The molecule has 0 atom stereocenters. The molecule has 1 aromatic heterocycles. The van der Waals surface area contributed by atoms with E-state index in [4.69, 9.17) is 11.6 Å². The van der Waals surface area contributed by atoms with Crippen LogP contribution in [-0.4, -0.2) is 4.98 Å². The summed E-state index contributed by atoms with van der Waals surface area (Å²) in [4.78, 5) is 2.93. The van der Waals surface area contributed by atoms with E-state index < -0.39 is 35.2 Å². The van der Waals surface area contributed by atoms with Crippen molar-refractivity contribution in [2.45, 2.75) is 12.3 Å². The summed E-state index contributed by atoms with van der Waals surface area (Å²) in [5, 5.41) is 0. The van der Waals surface area contributed by atoms with Crippen molar-refractivity contribution in [1.29, 1.82) is 0 Å². The molecule has 1 rings (SSSR count). The van der Waals surface area contributed by atoms with Crippen molar-refractivity contribution in [3.05, 3.63) is 29.1 Å². The summed E-state index contributed by atoms with van der Waals surface area (Å²) in [6, 6.07) is 0. The second-order valence-electron chi connectivity index (χ2n) is 2.22. The third-order valence-corrected chi connectivity index (χ3v) is 1.74. The predicted octanol–water partition coefficient (Wildman–Crippen LogP) is 3.04. The minimum absolute atomic E-state index is 0.410. The van der Waals surface area contributed by atoms with E-state index in [9.17, 15) is 17.6 Å². The van der Waals surface area contributed by atoms with Gasteiger partial charge in [-0.3, -0.25) is 0 Å². The summed E-state index contributed by atoms with van der Waals surface area (Å²) in [6.45, 7) is 0. The van der Waals surface area contributed by atoms with Crippen molar-refractivity contribution < 1.29 is 17.6 Å². The molecule has 1 aromatic rings. The zero-order valence-electron chi connectivity index (χ0n) is 6.20. The zero-order valence-corrected chi connectivity index (χ0v) is 6.95. The first kappa shape index (κ1) is 10.2. The van der Waals surface area contributed by atoms with E-state index >= 15 is 0 Å². The van der Waals surface area contributed by atoms with Gasteiger partial charge in [-0.05, 0) is 0 Å². The topological polar surface area (TPSA) is 12.9 Å². The molecule has 0 unspecified atom stereocenters. The van der Waals surface area contributed by atoms with Crippen molar-refractivity contribution in [2.24, 2.45) is 0 Å². The molecule has 0 N–H and O–H groups in total. The van der Waals surface area contributed by atoms with E-state index in [0.29, 0.717) is 6.20 Å². The Labute approximate surface area is 76.3 Å². The van der Waals surface area contributed by atoms with Crippen molar-refractivity contribution in [3.63, 3.8) is 0 Å². The van der Waals surface area contributed by atoms with Crippen molar-refractivity contribution in [1.82, 2.24) is 4.98 Å². The maximum absolute atomic E-state index is 12.7. The van der Waals surface area contributed by atoms with Crippen LogP contribution in [0.25, 0.3) is 0 Å². The van der Waals surface area contributed by atoms with Gasteiger partial charge in [0.05, 0.1) is 17.6 Å². The molecule has 0 fully saturated rings. The molecule has 1 nitrogen and oxygen atoms in total. The summed E-state index contributed by atoms with van der Waals surface area (Å²) in [5.74, 6) is -2.94. The Kier molecular flexibility index (Phi) is 3.08. The second kappa shape index (κ2) is 3.91. The Hall–Kier alpha value is -0.840. The van der Waals surface area contributed by atoms with Crippen LogP contribution < -0.4 is 0 Å². The predicted molar refractivity (Wildman–Crippen MR) is 38.7 cm³/mol. The van der Waals surface area contributed by atoms with Crippen LogP contribution in [0.5, 0.6) is 0 Å². The van der Waals surface area contributed by atoms with Crippen molar-refractivity contribution in [3.8, 4) is 0 Å². The molecule has 0 saturated heterocycles. The van der Waals surface area contributed by atoms with Gasteiger partial charge in [-0.1, -0.05) is 0 Å². The molecule has 0 aliphatic heterocycles. The fourth-order valence-corrected chi connectivity index (χ4v) is 1.13. The van der Waals surface area contributed by atoms with Gasteiger partial charge >= 0.3 is 0 Å². The summed E-state index contributed by atoms with van der Waals surface area (Å²) in [5.41, 5.74) is -1.60. The van der Waals surface area contributed by atoms with Crippen LogP contribution in [-0.2, 0) is 5.88 Å². The van der Waals surface area contributed by atoms with Gasteiger partial charge in [0.1, 0.15) is 0 Å². The highest BCUT2D eigenvalue weighted by molar-refractivity contribution is 6.17. The molecule has 0 aliphatic rings. The van der Waals surface area contributed by atoms with Gasteiger partial charge in [-0.2, -0.15) is 4.39 Å². The molecule has 6 heteroatoms. The Balaban J connectivity index is 3.35. The largest absolute Gasteiger partial charge is 0.267 e. The fourth-order valence-electron chi connectivity index (χ4n) is 0.879. The lowest BCUT2D eigenvalue weighted by Gasteiger charge is -2.06. The molecule has 13 heavy (non-hydrogen) atoms. The highest BCUT2D eigenvalue weighted by atomic mass is 35.5. The molecule has 0 radical (unpaired) electrons. The number of aromatic nitrogens is 1. The lowest BCUT2D eigenvalue weighted by atomic mass is 10.1. The zero-order chi connectivity index (χ0) is 10.0. The number of rotatable bonds is 2. The average molecular weight is 214 g/mol. The lowest BCUT2D eigenvalue weighted by Crippen LogP contribution is -2.03. The summed E-state index contributed by atoms with van der Waals surface area (Å²) >= 11 is 5.17. The standard InChI is InChI=1S/C7H4ClF4N/c8-1-3-5(6(10)11)4(9)2-13-7(3)12/h2,6H,1H2. The number of halogens is 5. The molecule has 0 bridgehead atoms. The number of hydrogen-bond acceptors (Lipinski definition) is 1. The molecular formula is C7H4ClF4N. The van der Waals surface area contributed by atoms with Crippen LogP contribution in [0, 0.1) is 11.8 Å². The van der Waals surface area contributed by atoms with Gasteiger partial charge in [-0.25, -0.2) is 18.2 Å². The van der Waals surface area contributed by atoms with E-state index in [1.807, 2.05) is 0 Å². The number of nitrogens with zero attached hydrogens (tertiary/aromatic N) is 1. The molecule has 0 amide bonds. The molecule has 72 valence electrons. The number of hydrogen-bond donors (Lipinski definition) is 0. The van der Waals surface area contributed by atoms with Gasteiger partial charge in [0.2, 0.25) is 5.95 Å². The first-order chi connectivity index (χ1) is 6.07. The van der Waals surface area contributed by atoms with Gasteiger partial charge in [-0.15, -0.1) is 11.6 Å². The van der Waals surface area contributed by atoms with Crippen LogP contribution in [0.2, 0.25) is 0 Å². The number of alkyl halides is 3. The quantitative estimate of drug-likeness (QED) is 0.418. The third kappa shape index (κ3) is 1.91. The average Bonchev–Trinajstić information content (AvgIpc) is 2.07. The molecule has 0 aliphatic carbocycles. The summed E-state index contributed by atoms with van der Waals surface area (Å²) in [6.07, 6.45) is -2.68. The Bertz CT molecular complexity index is 316. The van der Waals surface area contributed by atoms with Gasteiger partial charge in [0, 0.05) is 5.56 Å². The lowest BCUT2D eigenvalue weighted by molar-refractivity contribution is 0.144. The van der Waals surface area contributed by atoms with E-state index in [1.165, 1.54) is 0 Å². The van der Waals surface area contributed by atoms with Crippen molar-refractivity contribution >= 4 is 11.6 Å². The van der Waals surface area contributed by atoms with Crippen molar-refractivity contribution in [2.75, 3.05) is 0 Å². The van der Waals surface area contributed by atoms with Crippen LogP contribution >= 0.6 is 11.6 Å². The Morgan fingerprint density at radius 1 is 1.38 bits per heavy atom. The third-order valence-electron chi connectivity index (χ3n) is 1.47. The molecular weight excluding hydrogens is 210 g/mol. The minimum atomic E-state index is -3.09. The van der Waals surface area contributed by atoms with E-state index in [2.05, 4.69) is 4.98 Å². The normalized spacial score (nSPS) is 10.9. The highest BCUT2D eigenvalue weighted by Crippen LogP contribution is 2.27. The maximum Gasteiger partial charge on any atom is 0.267 e. The van der Waals surface area contributed by atoms with Crippen LogP contribution in [0.15, 0.2) is 6.20 Å². The van der Waals surface area contributed by atoms with Crippen LogP contribution in [0.3, 0.4) is 0 Å².